The Morgan fingerprint density at radius 3 is 3.00 bits per heavy atom. The van der Waals surface area contributed by atoms with Crippen LogP contribution in [-0.4, -0.2) is 16.4 Å². The molecular formula is C10H11N3S. The molecule has 0 unspecified atom stereocenters. The van der Waals surface area contributed by atoms with Crippen LogP contribution in [-0.2, 0) is 6.54 Å². The molecule has 2 aromatic rings. The van der Waals surface area contributed by atoms with Gasteiger partial charge in [-0.2, -0.15) is 4.37 Å². The van der Waals surface area contributed by atoms with Crippen molar-refractivity contribution in [3.8, 4) is 11.4 Å². The normalized spacial score (nSPS) is 10.4. The lowest BCUT2D eigenvalue weighted by atomic mass is 10.2. The monoisotopic (exact) mass is 205 g/mol. The van der Waals surface area contributed by atoms with Crippen LogP contribution in [0.15, 0.2) is 30.5 Å². The first-order valence-electron chi connectivity index (χ1n) is 4.42. The third kappa shape index (κ3) is 1.97. The first kappa shape index (κ1) is 9.30. The van der Waals surface area contributed by atoms with Gasteiger partial charge in [0.1, 0.15) is 5.69 Å². The van der Waals surface area contributed by atoms with Gasteiger partial charge in [-0.05, 0) is 36.8 Å². The van der Waals surface area contributed by atoms with Crippen molar-refractivity contribution in [2.75, 3.05) is 7.05 Å². The van der Waals surface area contributed by atoms with Crippen LogP contribution in [0.4, 0.5) is 0 Å². The molecule has 0 saturated carbocycles. The van der Waals surface area contributed by atoms with Gasteiger partial charge < -0.3 is 5.32 Å². The second-order valence-electron chi connectivity index (χ2n) is 2.92. The van der Waals surface area contributed by atoms with E-state index in [-0.39, 0.29) is 0 Å². The van der Waals surface area contributed by atoms with Gasteiger partial charge in [-0.3, -0.25) is 4.98 Å². The SMILES string of the molecule is CNCc1cc(-c2ccccn2)ns1. The lowest BCUT2D eigenvalue weighted by molar-refractivity contribution is 0.831. The van der Waals surface area contributed by atoms with Crippen LogP contribution in [0.25, 0.3) is 11.4 Å². The molecule has 0 saturated heterocycles. The summed E-state index contributed by atoms with van der Waals surface area (Å²) < 4.78 is 4.34. The lowest BCUT2D eigenvalue weighted by Gasteiger charge is -1.92. The zero-order valence-electron chi connectivity index (χ0n) is 7.90. The molecule has 0 amide bonds. The summed E-state index contributed by atoms with van der Waals surface area (Å²) in [6.45, 7) is 0.866. The van der Waals surface area contributed by atoms with Crippen molar-refractivity contribution in [3.63, 3.8) is 0 Å². The van der Waals surface area contributed by atoms with Gasteiger partial charge in [0.25, 0.3) is 0 Å². The molecule has 3 nitrogen and oxygen atoms in total. The van der Waals surface area contributed by atoms with E-state index >= 15 is 0 Å². The largest absolute Gasteiger partial charge is 0.315 e. The van der Waals surface area contributed by atoms with Crippen molar-refractivity contribution in [3.05, 3.63) is 35.3 Å². The first-order chi connectivity index (χ1) is 6.90. The molecule has 2 rings (SSSR count). The van der Waals surface area contributed by atoms with Crippen LogP contribution >= 0.6 is 11.5 Å². The van der Waals surface area contributed by atoms with Gasteiger partial charge >= 0.3 is 0 Å². The maximum Gasteiger partial charge on any atom is 0.103 e. The number of aromatic nitrogens is 2. The maximum absolute atomic E-state index is 4.34. The Morgan fingerprint density at radius 1 is 1.36 bits per heavy atom. The Morgan fingerprint density at radius 2 is 2.29 bits per heavy atom. The number of rotatable bonds is 3. The molecule has 0 fully saturated rings. The quantitative estimate of drug-likeness (QED) is 0.832. The summed E-state index contributed by atoms with van der Waals surface area (Å²) in [5, 5.41) is 3.10. The first-order valence-corrected chi connectivity index (χ1v) is 5.19. The van der Waals surface area contributed by atoms with Gasteiger partial charge in [0.05, 0.1) is 5.69 Å². The van der Waals surface area contributed by atoms with E-state index < -0.39 is 0 Å². The highest BCUT2D eigenvalue weighted by atomic mass is 32.1. The minimum atomic E-state index is 0.866. The molecule has 0 bridgehead atoms. The van der Waals surface area contributed by atoms with Gasteiger partial charge in [-0.25, -0.2) is 0 Å². The van der Waals surface area contributed by atoms with Crippen molar-refractivity contribution in [2.24, 2.45) is 0 Å². The van der Waals surface area contributed by atoms with E-state index in [1.807, 2.05) is 25.2 Å². The molecule has 0 aliphatic rings. The molecule has 2 heterocycles. The molecule has 0 atom stereocenters. The molecule has 1 N–H and O–H groups in total. The van der Waals surface area contributed by atoms with Crippen LogP contribution in [0.1, 0.15) is 4.88 Å². The molecule has 0 aliphatic heterocycles. The second-order valence-corrected chi connectivity index (χ2v) is 3.81. The summed E-state index contributed by atoms with van der Waals surface area (Å²) in [6.07, 6.45) is 1.78. The molecule has 14 heavy (non-hydrogen) atoms. The predicted octanol–water partition coefficient (Wildman–Crippen LogP) is 1.92. The Labute approximate surface area is 87.0 Å². The molecule has 0 radical (unpaired) electrons. The summed E-state index contributed by atoms with van der Waals surface area (Å²) in [7, 11) is 1.93. The highest BCUT2D eigenvalue weighted by molar-refractivity contribution is 7.06. The Balaban J connectivity index is 2.25. The van der Waals surface area contributed by atoms with Crippen molar-refractivity contribution in [1.82, 2.24) is 14.7 Å². The topological polar surface area (TPSA) is 37.8 Å². The second kappa shape index (κ2) is 4.30. The van der Waals surface area contributed by atoms with Crippen molar-refractivity contribution >= 4 is 11.5 Å². The van der Waals surface area contributed by atoms with E-state index in [0.717, 1.165) is 17.9 Å². The van der Waals surface area contributed by atoms with Crippen molar-refractivity contribution in [1.29, 1.82) is 0 Å². The third-order valence-corrected chi connectivity index (χ3v) is 2.62. The zero-order valence-corrected chi connectivity index (χ0v) is 8.71. The van der Waals surface area contributed by atoms with E-state index in [0.29, 0.717) is 0 Å². The number of nitrogens with one attached hydrogen (secondary N) is 1. The molecule has 72 valence electrons. The Bertz CT molecular complexity index is 397. The smallest absolute Gasteiger partial charge is 0.103 e. The van der Waals surface area contributed by atoms with E-state index in [9.17, 15) is 0 Å². The number of nitrogens with zero attached hydrogens (tertiary/aromatic N) is 2. The van der Waals surface area contributed by atoms with Gasteiger partial charge in [-0.15, -0.1) is 0 Å². The van der Waals surface area contributed by atoms with Crippen LogP contribution in [0.3, 0.4) is 0 Å². The minimum absolute atomic E-state index is 0.866. The summed E-state index contributed by atoms with van der Waals surface area (Å²) in [5.74, 6) is 0. The summed E-state index contributed by atoms with van der Waals surface area (Å²) >= 11 is 1.52. The predicted molar refractivity (Wildman–Crippen MR) is 58.1 cm³/mol. The summed E-state index contributed by atoms with van der Waals surface area (Å²) in [4.78, 5) is 5.48. The van der Waals surface area contributed by atoms with Gasteiger partial charge in [0.15, 0.2) is 0 Å². The fourth-order valence-electron chi connectivity index (χ4n) is 1.21. The molecule has 0 aromatic carbocycles. The van der Waals surface area contributed by atoms with Crippen molar-refractivity contribution in [2.45, 2.75) is 6.54 Å². The van der Waals surface area contributed by atoms with Crippen LogP contribution in [0, 0.1) is 0 Å². The average Bonchev–Trinajstić information content (AvgIpc) is 2.68. The number of pyridine rings is 1. The van der Waals surface area contributed by atoms with Gasteiger partial charge in [0, 0.05) is 17.6 Å². The van der Waals surface area contributed by atoms with Crippen LogP contribution in [0.5, 0.6) is 0 Å². The highest BCUT2D eigenvalue weighted by Gasteiger charge is 2.03. The fourth-order valence-corrected chi connectivity index (χ4v) is 1.94. The standard InChI is InChI=1S/C10H11N3S/c1-11-7-8-6-10(13-14-8)9-4-2-3-5-12-9/h2-6,11H,7H2,1H3. The van der Waals surface area contributed by atoms with Gasteiger partial charge in [-0.1, -0.05) is 6.07 Å². The van der Waals surface area contributed by atoms with E-state index in [1.165, 1.54) is 16.4 Å². The fraction of sp³-hybridized carbons (Fsp3) is 0.200. The summed E-state index contributed by atoms with van der Waals surface area (Å²) in [5.41, 5.74) is 1.90. The van der Waals surface area contributed by atoms with E-state index in [4.69, 9.17) is 0 Å². The molecule has 2 aromatic heterocycles. The summed E-state index contributed by atoms with van der Waals surface area (Å²) in [6, 6.07) is 7.92. The molecule has 4 heteroatoms. The Hall–Kier alpha value is -1.26. The van der Waals surface area contributed by atoms with Crippen LogP contribution < -0.4 is 5.32 Å². The molecule has 0 spiro atoms. The van der Waals surface area contributed by atoms with Gasteiger partial charge in [0.2, 0.25) is 0 Å². The van der Waals surface area contributed by atoms with E-state index in [2.05, 4.69) is 20.7 Å². The lowest BCUT2D eigenvalue weighted by Crippen LogP contribution is -2.02. The average molecular weight is 205 g/mol. The Kier molecular flexibility index (Phi) is 2.86. The number of hydrogen-bond donors (Lipinski definition) is 1. The van der Waals surface area contributed by atoms with Crippen LogP contribution in [0.2, 0.25) is 0 Å². The molecular weight excluding hydrogens is 194 g/mol. The van der Waals surface area contributed by atoms with Crippen molar-refractivity contribution < 1.29 is 0 Å². The third-order valence-electron chi connectivity index (χ3n) is 1.84. The molecule has 0 aliphatic carbocycles. The van der Waals surface area contributed by atoms with E-state index in [1.54, 1.807) is 6.20 Å². The highest BCUT2D eigenvalue weighted by Crippen LogP contribution is 2.19. The maximum atomic E-state index is 4.34. The number of hydrogen-bond acceptors (Lipinski definition) is 4. The zero-order chi connectivity index (χ0) is 9.80. The minimum Gasteiger partial charge on any atom is -0.315 e.